The molecule has 0 aliphatic carbocycles. The Morgan fingerprint density at radius 2 is 2.05 bits per heavy atom. The molecule has 0 unspecified atom stereocenters. The molecule has 1 amide bonds. The van der Waals surface area contributed by atoms with Crippen molar-refractivity contribution >= 4 is 11.6 Å². The third kappa shape index (κ3) is 4.76. The van der Waals surface area contributed by atoms with Crippen LogP contribution in [0, 0.1) is 11.3 Å². The molecule has 1 aliphatic heterocycles. The molecule has 21 heavy (non-hydrogen) atoms. The van der Waals surface area contributed by atoms with E-state index in [0.29, 0.717) is 12.8 Å². The fourth-order valence-corrected chi connectivity index (χ4v) is 2.59. The number of hydrogen-bond acceptors (Lipinski definition) is 4. The van der Waals surface area contributed by atoms with Gasteiger partial charge in [-0.1, -0.05) is 12.1 Å². The Bertz CT molecular complexity index is 515. The van der Waals surface area contributed by atoms with Gasteiger partial charge in [-0.05, 0) is 24.1 Å². The predicted molar refractivity (Wildman–Crippen MR) is 82.4 cm³/mol. The average Bonchev–Trinajstić information content (AvgIpc) is 2.51. The second-order valence-electron chi connectivity index (χ2n) is 5.38. The molecule has 1 aromatic rings. The molecule has 0 saturated carbocycles. The standard InChI is InChI=1S/C16H22N4O/c17-7-2-8-19-9-11-20(12-10-19)16(21)6-5-14-3-1-4-15(18)13-14/h1,3-4,13H,2,5-6,8-12,18H2. The van der Waals surface area contributed by atoms with Crippen LogP contribution in [0.3, 0.4) is 0 Å². The number of nitrogens with two attached hydrogens (primary N) is 1. The van der Waals surface area contributed by atoms with Gasteiger partial charge in [-0.25, -0.2) is 0 Å². The summed E-state index contributed by atoms with van der Waals surface area (Å²) in [5, 5.41) is 8.58. The summed E-state index contributed by atoms with van der Waals surface area (Å²) in [6.45, 7) is 4.07. The fraction of sp³-hybridized carbons (Fsp3) is 0.500. The second kappa shape index (κ2) is 7.65. The average molecular weight is 286 g/mol. The van der Waals surface area contributed by atoms with Gasteiger partial charge >= 0.3 is 0 Å². The summed E-state index contributed by atoms with van der Waals surface area (Å²) in [4.78, 5) is 16.4. The minimum atomic E-state index is 0.206. The third-order valence-electron chi connectivity index (χ3n) is 3.84. The molecule has 1 aliphatic rings. The van der Waals surface area contributed by atoms with E-state index in [0.717, 1.165) is 50.4 Å². The van der Waals surface area contributed by atoms with Crippen molar-refractivity contribution in [3.8, 4) is 6.07 Å². The summed E-state index contributed by atoms with van der Waals surface area (Å²) in [5.41, 5.74) is 7.59. The number of carbonyl (C=O) groups excluding carboxylic acids is 1. The van der Waals surface area contributed by atoms with Gasteiger partial charge in [0.2, 0.25) is 5.91 Å². The van der Waals surface area contributed by atoms with Gasteiger partial charge in [0.1, 0.15) is 0 Å². The van der Waals surface area contributed by atoms with Crippen molar-refractivity contribution in [3.63, 3.8) is 0 Å². The quantitative estimate of drug-likeness (QED) is 0.827. The maximum absolute atomic E-state index is 12.2. The highest BCUT2D eigenvalue weighted by atomic mass is 16.2. The van der Waals surface area contributed by atoms with Crippen molar-refractivity contribution in [3.05, 3.63) is 29.8 Å². The van der Waals surface area contributed by atoms with Gasteiger partial charge in [-0.3, -0.25) is 9.69 Å². The number of amides is 1. The highest BCUT2D eigenvalue weighted by molar-refractivity contribution is 5.76. The molecule has 2 N–H and O–H groups in total. The molecule has 0 bridgehead atoms. The molecular weight excluding hydrogens is 264 g/mol. The van der Waals surface area contributed by atoms with Crippen LogP contribution in [0.5, 0.6) is 0 Å². The molecule has 0 spiro atoms. The lowest BCUT2D eigenvalue weighted by Gasteiger charge is -2.34. The van der Waals surface area contributed by atoms with E-state index in [2.05, 4.69) is 11.0 Å². The summed E-state index contributed by atoms with van der Waals surface area (Å²) in [6, 6.07) is 9.86. The first-order chi connectivity index (χ1) is 10.2. The molecule has 5 heteroatoms. The molecule has 1 aromatic carbocycles. The van der Waals surface area contributed by atoms with Crippen LogP contribution >= 0.6 is 0 Å². The lowest BCUT2D eigenvalue weighted by Crippen LogP contribution is -2.48. The number of nitrogen functional groups attached to an aromatic ring is 1. The smallest absolute Gasteiger partial charge is 0.222 e. The SMILES string of the molecule is N#CCCN1CCN(C(=O)CCc2cccc(N)c2)CC1. The van der Waals surface area contributed by atoms with Crippen LogP contribution in [0.1, 0.15) is 18.4 Å². The molecule has 0 aromatic heterocycles. The molecule has 2 rings (SSSR count). The topological polar surface area (TPSA) is 73.4 Å². The lowest BCUT2D eigenvalue weighted by atomic mass is 10.1. The van der Waals surface area contributed by atoms with Gasteiger partial charge in [0.25, 0.3) is 0 Å². The summed E-state index contributed by atoms with van der Waals surface area (Å²) in [6.07, 6.45) is 1.82. The Balaban J connectivity index is 1.74. The van der Waals surface area contributed by atoms with E-state index in [4.69, 9.17) is 11.0 Å². The van der Waals surface area contributed by atoms with E-state index >= 15 is 0 Å². The monoisotopic (exact) mass is 286 g/mol. The van der Waals surface area contributed by atoms with Gasteiger partial charge in [0, 0.05) is 51.3 Å². The highest BCUT2D eigenvalue weighted by Crippen LogP contribution is 2.11. The number of nitrogens with zero attached hydrogens (tertiary/aromatic N) is 3. The first-order valence-electron chi connectivity index (χ1n) is 7.40. The van der Waals surface area contributed by atoms with E-state index < -0.39 is 0 Å². The summed E-state index contributed by atoms with van der Waals surface area (Å²) in [7, 11) is 0. The zero-order valence-corrected chi connectivity index (χ0v) is 12.3. The summed E-state index contributed by atoms with van der Waals surface area (Å²) >= 11 is 0. The van der Waals surface area contributed by atoms with Gasteiger partial charge in [0.15, 0.2) is 0 Å². The van der Waals surface area contributed by atoms with E-state index in [1.165, 1.54) is 0 Å². The second-order valence-corrected chi connectivity index (χ2v) is 5.38. The van der Waals surface area contributed by atoms with Crippen LogP contribution < -0.4 is 5.73 Å². The number of anilines is 1. The zero-order valence-electron chi connectivity index (χ0n) is 12.3. The normalized spacial score (nSPS) is 15.7. The van der Waals surface area contributed by atoms with Crippen molar-refractivity contribution in [2.24, 2.45) is 0 Å². The Kier molecular flexibility index (Phi) is 5.59. The van der Waals surface area contributed by atoms with Gasteiger partial charge < -0.3 is 10.6 Å². The number of nitriles is 1. The van der Waals surface area contributed by atoms with Crippen LogP contribution in [0.2, 0.25) is 0 Å². The Labute approximate surface area is 125 Å². The highest BCUT2D eigenvalue weighted by Gasteiger charge is 2.20. The van der Waals surface area contributed by atoms with Gasteiger partial charge in [-0.15, -0.1) is 0 Å². The molecule has 0 radical (unpaired) electrons. The first-order valence-corrected chi connectivity index (χ1v) is 7.40. The maximum Gasteiger partial charge on any atom is 0.222 e. The third-order valence-corrected chi connectivity index (χ3v) is 3.84. The molecule has 0 atom stereocenters. The summed E-state index contributed by atoms with van der Waals surface area (Å²) < 4.78 is 0. The summed E-state index contributed by atoms with van der Waals surface area (Å²) in [5.74, 6) is 0.206. The Morgan fingerprint density at radius 3 is 2.71 bits per heavy atom. The number of aryl methyl sites for hydroxylation is 1. The van der Waals surface area contributed by atoms with Crippen LogP contribution in [-0.4, -0.2) is 48.4 Å². The Morgan fingerprint density at radius 1 is 1.29 bits per heavy atom. The number of piperazine rings is 1. The molecule has 1 fully saturated rings. The number of benzene rings is 1. The number of carbonyl (C=O) groups is 1. The van der Waals surface area contributed by atoms with Crippen LogP contribution in [0.4, 0.5) is 5.69 Å². The van der Waals surface area contributed by atoms with Gasteiger partial charge in [-0.2, -0.15) is 5.26 Å². The Hall–Kier alpha value is -2.06. The van der Waals surface area contributed by atoms with Crippen molar-refractivity contribution < 1.29 is 4.79 Å². The lowest BCUT2D eigenvalue weighted by molar-refractivity contribution is -0.132. The van der Waals surface area contributed by atoms with E-state index in [1.807, 2.05) is 29.2 Å². The van der Waals surface area contributed by atoms with Gasteiger partial charge in [0.05, 0.1) is 6.07 Å². The molecule has 1 heterocycles. The largest absolute Gasteiger partial charge is 0.399 e. The molecule has 5 nitrogen and oxygen atoms in total. The van der Waals surface area contributed by atoms with Crippen LogP contribution in [0.25, 0.3) is 0 Å². The van der Waals surface area contributed by atoms with E-state index in [9.17, 15) is 4.79 Å². The first kappa shape index (κ1) is 15.3. The fourth-order valence-electron chi connectivity index (χ4n) is 2.59. The number of hydrogen-bond donors (Lipinski definition) is 1. The molecule has 112 valence electrons. The van der Waals surface area contributed by atoms with Crippen molar-refractivity contribution in [2.45, 2.75) is 19.3 Å². The maximum atomic E-state index is 12.2. The predicted octanol–water partition coefficient (Wildman–Crippen LogP) is 1.26. The molecule has 1 saturated heterocycles. The van der Waals surface area contributed by atoms with Crippen LogP contribution in [0.15, 0.2) is 24.3 Å². The van der Waals surface area contributed by atoms with Crippen LogP contribution in [-0.2, 0) is 11.2 Å². The zero-order chi connectivity index (χ0) is 15.1. The van der Waals surface area contributed by atoms with Crippen molar-refractivity contribution in [2.75, 3.05) is 38.5 Å². The van der Waals surface area contributed by atoms with E-state index in [-0.39, 0.29) is 5.91 Å². The van der Waals surface area contributed by atoms with Crippen molar-refractivity contribution in [1.29, 1.82) is 5.26 Å². The minimum absolute atomic E-state index is 0.206. The number of rotatable bonds is 5. The van der Waals surface area contributed by atoms with Crippen molar-refractivity contribution in [1.82, 2.24) is 9.80 Å². The minimum Gasteiger partial charge on any atom is -0.399 e. The molecular formula is C16H22N4O. The van der Waals surface area contributed by atoms with E-state index in [1.54, 1.807) is 0 Å².